The summed E-state index contributed by atoms with van der Waals surface area (Å²) in [7, 11) is 0. The van der Waals surface area contributed by atoms with Crippen molar-refractivity contribution in [1.29, 1.82) is 0 Å². The summed E-state index contributed by atoms with van der Waals surface area (Å²) in [6.45, 7) is 0. The number of hydrogen-bond donors (Lipinski definition) is 0. The van der Waals surface area contributed by atoms with Crippen LogP contribution in [0.15, 0.2) is 24.3 Å². The summed E-state index contributed by atoms with van der Waals surface area (Å²) in [5, 5.41) is 0. The Kier molecular flexibility index (Phi) is 1.17. The van der Waals surface area contributed by atoms with E-state index in [2.05, 4.69) is 4.74 Å². The van der Waals surface area contributed by atoms with Gasteiger partial charge in [0.15, 0.2) is 11.9 Å². The lowest BCUT2D eigenvalue weighted by molar-refractivity contribution is 0.0659. The summed E-state index contributed by atoms with van der Waals surface area (Å²) in [6.07, 6.45) is -1.20. The quantitative estimate of drug-likeness (QED) is 0.579. The van der Waals surface area contributed by atoms with Crippen molar-refractivity contribution in [3.05, 3.63) is 35.4 Å². The summed E-state index contributed by atoms with van der Waals surface area (Å²) in [6, 6.07) is 6.18. The number of epoxide rings is 1. The molecule has 1 saturated heterocycles. The van der Waals surface area contributed by atoms with Crippen molar-refractivity contribution in [3.8, 4) is 0 Å². The molecule has 0 spiro atoms. The number of rotatable bonds is 0. The Bertz CT molecular complexity index is 468. The van der Waals surface area contributed by atoms with Gasteiger partial charge in [-0.25, -0.2) is 0 Å². The van der Waals surface area contributed by atoms with Gasteiger partial charge in [0.2, 0.25) is 5.78 Å². The smallest absolute Gasteiger partial charge is 0.308 e. The number of ketones is 2. The second kappa shape index (κ2) is 2.09. The maximum absolute atomic E-state index is 13.5. The molecule has 1 aromatic rings. The lowest BCUT2D eigenvalue weighted by atomic mass is 9.88. The average molecular weight is 192 g/mol. The lowest BCUT2D eigenvalue weighted by Gasteiger charge is -2.11. The van der Waals surface area contributed by atoms with Gasteiger partial charge in [-0.15, -0.1) is 0 Å². The molecule has 0 bridgehead atoms. The number of halogens is 1. The minimum Gasteiger partial charge on any atom is -0.319 e. The van der Waals surface area contributed by atoms with Gasteiger partial charge in [0.1, 0.15) is 0 Å². The van der Waals surface area contributed by atoms with Crippen LogP contribution in [-0.2, 0) is 4.74 Å². The predicted octanol–water partition coefficient (Wildman–Crippen LogP) is 1.13. The topological polar surface area (TPSA) is 46.7 Å². The molecule has 1 fully saturated rings. The standard InChI is InChI=1S/C10H5FO3/c11-10-8(13)6-4-2-1-3-5(6)7(12)9(10)14-10/h1-4,9H. The zero-order chi connectivity index (χ0) is 9.92. The molecule has 3 nitrogen and oxygen atoms in total. The molecule has 3 rings (SSSR count). The SMILES string of the molecule is O=C1c2ccccc2C(=O)C2(F)OC12. The maximum Gasteiger partial charge on any atom is 0.308 e. The number of carbonyl (C=O) groups is 2. The van der Waals surface area contributed by atoms with Crippen molar-refractivity contribution in [1.82, 2.24) is 0 Å². The van der Waals surface area contributed by atoms with E-state index in [-0.39, 0.29) is 11.1 Å². The molecule has 70 valence electrons. The number of ether oxygens (including phenoxy) is 1. The van der Waals surface area contributed by atoms with E-state index in [0.717, 1.165) is 0 Å². The van der Waals surface area contributed by atoms with E-state index in [4.69, 9.17) is 0 Å². The molecular formula is C10H5FO3. The van der Waals surface area contributed by atoms with Crippen molar-refractivity contribution in [2.45, 2.75) is 12.0 Å². The minimum atomic E-state index is -2.37. The Labute approximate surface area is 78.5 Å². The highest BCUT2D eigenvalue weighted by molar-refractivity contribution is 6.22. The number of fused-ring (bicyclic) bond motifs is 2. The van der Waals surface area contributed by atoms with E-state index >= 15 is 0 Å². The highest BCUT2D eigenvalue weighted by Gasteiger charge is 2.70. The van der Waals surface area contributed by atoms with Crippen LogP contribution in [0.3, 0.4) is 0 Å². The van der Waals surface area contributed by atoms with Gasteiger partial charge in [0.25, 0.3) is 0 Å². The third-order valence-corrected chi connectivity index (χ3v) is 2.55. The largest absolute Gasteiger partial charge is 0.319 e. The molecule has 4 heteroatoms. The van der Waals surface area contributed by atoms with Gasteiger partial charge < -0.3 is 4.74 Å². The predicted molar refractivity (Wildman–Crippen MR) is 43.8 cm³/mol. The van der Waals surface area contributed by atoms with Crippen LogP contribution in [0.25, 0.3) is 0 Å². The van der Waals surface area contributed by atoms with Crippen molar-refractivity contribution >= 4 is 11.6 Å². The Hall–Kier alpha value is -1.55. The van der Waals surface area contributed by atoms with E-state index in [1.54, 1.807) is 12.1 Å². The third-order valence-electron chi connectivity index (χ3n) is 2.55. The van der Waals surface area contributed by atoms with E-state index in [0.29, 0.717) is 0 Å². The molecule has 0 radical (unpaired) electrons. The molecule has 0 aromatic heterocycles. The fraction of sp³-hybridized carbons (Fsp3) is 0.200. The van der Waals surface area contributed by atoms with Crippen molar-refractivity contribution in [3.63, 3.8) is 0 Å². The maximum atomic E-state index is 13.5. The van der Waals surface area contributed by atoms with Crippen molar-refractivity contribution in [2.75, 3.05) is 0 Å². The molecule has 2 unspecified atom stereocenters. The van der Waals surface area contributed by atoms with E-state index in [1.807, 2.05) is 0 Å². The summed E-state index contributed by atoms with van der Waals surface area (Å²) < 4.78 is 18.0. The molecule has 0 saturated carbocycles. The third kappa shape index (κ3) is 0.702. The fourth-order valence-electron chi connectivity index (χ4n) is 1.75. The molecular weight excluding hydrogens is 187 g/mol. The molecule has 1 aliphatic carbocycles. The van der Waals surface area contributed by atoms with Gasteiger partial charge in [-0.2, -0.15) is 4.39 Å². The normalized spacial score (nSPS) is 33.6. The lowest BCUT2D eigenvalue weighted by Crippen LogP contribution is -2.33. The van der Waals surface area contributed by atoms with E-state index in [9.17, 15) is 14.0 Å². The van der Waals surface area contributed by atoms with Crippen molar-refractivity contribution in [2.24, 2.45) is 0 Å². The number of hydrogen-bond acceptors (Lipinski definition) is 3. The van der Waals surface area contributed by atoms with E-state index in [1.165, 1.54) is 12.1 Å². The van der Waals surface area contributed by atoms with Crippen LogP contribution in [0.4, 0.5) is 4.39 Å². The van der Waals surface area contributed by atoms with Gasteiger partial charge >= 0.3 is 5.85 Å². The van der Waals surface area contributed by atoms with Gasteiger partial charge in [-0.05, 0) is 0 Å². The van der Waals surface area contributed by atoms with Crippen LogP contribution in [0, 0.1) is 0 Å². The first-order valence-electron chi connectivity index (χ1n) is 4.19. The van der Waals surface area contributed by atoms with Gasteiger partial charge in [0.05, 0.1) is 0 Å². The van der Waals surface area contributed by atoms with Crippen LogP contribution in [0.5, 0.6) is 0 Å². The minimum absolute atomic E-state index is 0.119. The number of Topliss-reactive ketones (excluding diaryl/α,β-unsaturated/α-hetero) is 2. The van der Waals surface area contributed by atoms with Crippen molar-refractivity contribution < 1.29 is 18.7 Å². The number of benzene rings is 1. The molecule has 1 aromatic carbocycles. The monoisotopic (exact) mass is 192 g/mol. The molecule has 0 amide bonds. The molecule has 14 heavy (non-hydrogen) atoms. The van der Waals surface area contributed by atoms with Crippen LogP contribution in [0.2, 0.25) is 0 Å². The molecule has 1 heterocycles. The molecule has 2 aliphatic rings. The zero-order valence-electron chi connectivity index (χ0n) is 6.99. The number of alkyl halides is 1. The summed E-state index contributed by atoms with van der Waals surface area (Å²) in [4.78, 5) is 23.0. The Morgan fingerprint density at radius 2 is 1.86 bits per heavy atom. The summed E-state index contributed by atoms with van der Waals surface area (Å²) in [5.74, 6) is -3.55. The highest BCUT2D eigenvalue weighted by atomic mass is 19.2. The highest BCUT2D eigenvalue weighted by Crippen LogP contribution is 2.46. The average Bonchev–Trinajstić information content (AvgIpc) is 2.89. The molecule has 2 atom stereocenters. The molecule has 0 N–H and O–H groups in total. The first kappa shape index (κ1) is 7.82. The molecule has 1 aliphatic heterocycles. The van der Waals surface area contributed by atoms with Gasteiger partial charge in [-0.1, -0.05) is 24.3 Å². The number of carbonyl (C=O) groups excluding carboxylic acids is 2. The van der Waals surface area contributed by atoms with Gasteiger partial charge in [0, 0.05) is 11.1 Å². The first-order valence-corrected chi connectivity index (χ1v) is 4.19. The summed E-state index contributed by atoms with van der Waals surface area (Å²) in [5.41, 5.74) is 0.377. The second-order valence-electron chi connectivity index (χ2n) is 3.38. The summed E-state index contributed by atoms with van der Waals surface area (Å²) >= 11 is 0. The Morgan fingerprint density at radius 3 is 2.57 bits per heavy atom. The Morgan fingerprint density at radius 1 is 1.21 bits per heavy atom. The van der Waals surface area contributed by atoms with Crippen LogP contribution >= 0.6 is 0 Å². The first-order chi connectivity index (χ1) is 6.64. The van der Waals surface area contributed by atoms with Gasteiger partial charge in [-0.3, -0.25) is 9.59 Å². The van der Waals surface area contributed by atoms with Crippen LogP contribution in [-0.4, -0.2) is 23.5 Å². The second-order valence-corrected chi connectivity index (χ2v) is 3.38. The fourth-order valence-corrected chi connectivity index (χ4v) is 1.75. The van der Waals surface area contributed by atoms with Crippen LogP contribution < -0.4 is 0 Å². The van der Waals surface area contributed by atoms with E-state index < -0.39 is 23.5 Å². The van der Waals surface area contributed by atoms with Crippen LogP contribution in [0.1, 0.15) is 20.7 Å². The Balaban J connectivity index is 2.27. The zero-order valence-corrected chi connectivity index (χ0v) is 6.99.